The van der Waals surface area contributed by atoms with Crippen LogP contribution >= 0.6 is 0 Å². The van der Waals surface area contributed by atoms with Crippen molar-refractivity contribution < 1.29 is 14.6 Å². The molecule has 1 aromatic carbocycles. The van der Waals surface area contributed by atoms with Gasteiger partial charge in [0.25, 0.3) is 11.6 Å². The lowest BCUT2D eigenvalue weighted by molar-refractivity contribution is -0.909. The van der Waals surface area contributed by atoms with Gasteiger partial charge in [-0.25, -0.2) is 0 Å². The van der Waals surface area contributed by atoms with Crippen LogP contribution in [0.5, 0.6) is 0 Å². The number of amides is 1. The number of carbonyl (C=O) groups is 1. The third-order valence-corrected chi connectivity index (χ3v) is 4.98. The third kappa shape index (κ3) is 3.84. The summed E-state index contributed by atoms with van der Waals surface area (Å²) >= 11 is 0. The molecule has 2 fully saturated rings. The molecule has 3 rings (SSSR count). The molecule has 1 amide bonds. The Morgan fingerprint density at radius 2 is 2.17 bits per heavy atom. The van der Waals surface area contributed by atoms with Crippen molar-refractivity contribution in [1.82, 2.24) is 5.32 Å². The van der Waals surface area contributed by atoms with E-state index in [2.05, 4.69) is 17.6 Å². The summed E-state index contributed by atoms with van der Waals surface area (Å²) in [5, 5.41) is 17.4. The lowest BCUT2D eigenvalue weighted by Gasteiger charge is -2.20. The van der Waals surface area contributed by atoms with Gasteiger partial charge in [0.2, 0.25) is 0 Å². The first-order valence-electron chi connectivity index (χ1n) is 8.76. The Kier molecular flexibility index (Phi) is 4.99. The van der Waals surface area contributed by atoms with Crippen LogP contribution in [0.1, 0.15) is 43.0 Å². The zero-order valence-electron chi connectivity index (χ0n) is 14.0. The average Bonchev–Trinajstić information content (AvgIpc) is 3.27. The molecule has 0 radical (unpaired) electrons. The van der Waals surface area contributed by atoms with Gasteiger partial charge in [-0.3, -0.25) is 14.9 Å². The SMILES string of the molecule is CC[NH+]1CCC[C@@H]1CNC(=O)c1ccc(NC2CC2)c([N+](=O)[O-])c1. The van der Waals surface area contributed by atoms with Crippen molar-refractivity contribution >= 4 is 17.3 Å². The highest BCUT2D eigenvalue weighted by Gasteiger charge is 2.28. The first-order chi connectivity index (χ1) is 11.6. The highest BCUT2D eigenvalue weighted by molar-refractivity contribution is 5.95. The number of hydrogen-bond donors (Lipinski definition) is 3. The number of anilines is 1. The minimum atomic E-state index is -0.429. The second-order valence-electron chi connectivity index (χ2n) is 6.72. The summed E-state index contributed by atoms with van der Waals surface area (Å²) in [5.41, 5.74) is 0.812. The number of carbonyl (C=O) groups excluding carboxylic acids is 1. The van der Waals surface area contributed by atoms with Gasteiger partial charge in [0.1, 0.15) is 11.7 Å². The number of rotatable bonds is 7. The van der Waals surface area contributed by atoms with Crippen LogP contribution in [0.3, 0.4) is 0 Å². The van der Waals surface area contributed by atoms with Crippen LogP contribution in [0.25, 0.3) is 0 Å². The van der Waals surface area contributed by atoms with Gasteiger partial charge >= 0.3 is 0 Å². The van der Waals surface area contributed by atoms with E-state index < -0.39 is 4.92 Å². The summed E-state index contributed by atoms with van der Waals surface area (Å²) in [7, 11) is 0. The van der Waals surface area contributed by atoms with E-state index in [-0.39, 0.29) is 11.6 Å². The second-order valence-corrected chi connectivity index (χ2v) is 6.72. The van der Waals surface area contributed by atoms with Crippen molar-refractivity contribution in [1.29, 1.82) is 0 Å². The van der Waals surface area contributed by atoms with E-state index in [1.807, 2.05) is 0 Å². The van der Waals surface area contributed by atoms with Crippen molar-refractivity contribution in [2.45, 2.75) is 44.7 Å². The van der Waals surface area contributed by atoms with E-state index in [1.165, 1.54) is 17.4 Å². The molecule has 1 saturated carbocycles. The van der Waals surface area contributed by atoms with Gasteiger partial charge in [-0.1, -0.05) is 0 Å². The Balaban J connectivity index is 1.65. The van der Waals surface area contributed by atoms with E-state index in [0.29, 0.717) is 29.9 Å². The van der Waals surface area contributed by atoms with E-state index in [9.17, 15) is 14.9 Å². The molecule has 130 valence electrons. The molecule has 24 heavy (non-hydrogen) atoms. The molecule has 0 bridgehead atoms. The number of likely N-dealkylation sites (N-methyl/N-ethyl adjacent to an activating group) is 1. The molecule has 2 aliphatic rings. The Hall–Kier alpha value is -2.15. The molecule has 1 aliphatic heterocycles. The van der Waals surface area contributed by atoms with Crippen molar-refractivity contribution in [2.75, 3.05) is 25.0 Å². The fourth-order valence-electron chi connectivity index (χ4n) is 3.41. The smallest absolute Gasteiger partial charge is 0.293 e. The quantitative estimate of drug-likeness (QED) is 0.512. The van der Waals surface area contributed by atoms with Crippen molar-refractivity contribution in [2.24, 2.45) is 0 Å². The Bertz CT molecular complexity index is 630. The number of hydrogen-bond acceptors (Lipinski definition) is 4. The van der Waals surface area contributed by atoms with Crippen LogP contribution in [-0.2, 0) is 0 Å². The number of quaternary nitrogens is 1. The van der Waals surface area contributed by atoms with Gasteiger partial charge < -0.3 is 15.5 Å². The predicted octanol–water partition coefficient (Wildman–Crippen LogP) is 0.966. The van der Waals surface area contributed by atoms with Gasteiger partial charge in [-0.05, 0) is 31.9 Å². The lowest BCUT2D eigenvalue weighted by Crippen LogP contribution is -3.14. The molecule has 1 aromatic rings. The zero-order chi connectivity index (χ0) is 17.1. The van der Waals surface area contributed by atoms with Gasteiger partial charge in [0.15, 0.2) is 0 Å². The molecule has 0 spiro atoms. The van der Waals surface area contributed by atoms with E-state index in [1.54, 1.807) is 12.1 Å². The van der Waals surface area contributed by atoms with E-state index >= 15 is 0 Å². The third-order valence-electron chi connectivity index (χ3n) is 4.98. The maximum absolute atomic E-state index is 12.4. The number of nitrogens with zero attached hydrogens (tertiary/aromatic N) is 1. The second kappa shape index (κ2) is 7.17. The van der Waals surface area contributed by atoms with Crippen molar-refractivity contribution in [3.63, 3.8) is 0 Å². The summed E-state index contributed by atoms with van der Waals surface area (Å²) in [4.78, 5) is 24.7. The number of benzene rings is 1. The summed E-state index contributed by atoms with van der Waals surface area (Å²) < 4.78 is 0. The fraction of sp³-hybridized carbons (Fsp3) is 0.588. The highest BCUT2D eigenvalue weighted by Crippen LogP contribution is 2.31. The molecule has 2 atom stereocenters. The molecule has 0 aromatic heterocycles. The lowest BCUT2D eigenvalue weighted by atomic mass is 10.1. The van der Waals surface area contributed by atoms with Crippen LogP contribution < -0.4 is 15.5 Å². The van der Waals surface area contributed by atoms with Crippen LogP contribution in [0.2, 0.25) is 0 Å². The molecule has 7 heteroatoms. The van der Waals surface area contributed by atoms with Crippen LogP contribution in [-0.4, -0.2) is 42.5 Å². The van der Waals surface area contributed by atoms with Gasteiger partial charge in [-0.2, -0.15) is 0 Å². The first kappa shape index (κ1) is 16.7. The largest absolute Gasteiger partial charge is 0.377 e. The van der Waals surface area contributed by atoms with Gasteiger partial charge in [-0.15, -0.1) is 0 Å². The summed E-state index contributed by atoms with van der Waals surface area (Å²) in [6, 6.07) is 5.45. The Labute approximate surface area is 141 Å². The molecule has 1 saturated heterocycles. The first-order valence-corrected chi connectivity index (χ1v) is 8.76. The maximum Gasteiger partial charge on any atom is 0.293 e. The minimum absolute atomic E-state index is 0.0313. The predicted molar refractivity (Wildman–Crippen MR) is 91.5 cm³/mol. The van der Waals surface area contributed by atoms with Crippen LogP contribution in [0.15, 0.2) is 18.2 Å². The topological polar surface area (TPSA) is 88.7 Å². The Morgan fingerprint density at radius 3 is 2.83 bits per heavy atom. The standard InChI is InChI=1S/C17H24N4O3/c1-2-20-9-3-4-14(20)11-18-17(22)12-5-8-15(19-13-6-7-13)16(10-12)21(23)24/h5,8,10,13-14,19H,2-4,6-7,9,11H2,1H3,(H,18,22)/p+1/t14-/m1/s1. The highest BCUT2D eigenvalue weighted by atomic mass is 16.6. The molecular weight excluding hydrogens is 308 g/mol. The molecule has 1 unspecified atom stereocenters. The fourth-order valence-corrected chi connectivity index (χ4v) is 3.41. The molecular formula is C17H25N4O3+. The van der Waals surface area contributed by atoms with Crippen molar-refractivity contribution in [3.8, 4) is 0 Å². The maximum atomic E-state index is 12.4. The zero-order valence-corrected chi connectivity index (χ0v) is 14.0. The molecule has 1 aliphatic carbocycles. The van der Waals surface area contributed by atoms with Gasteiger partial charge in [0, 0.05) is 30.5 Å². The van der Waals surface area contributed by atoms with Crippen molar-refractivity contribution in [3.05, 3.63) is 33.9 Å². The van der Waals surface area contributed by atoms with E-state index in [4.69, 9.17) is 0 Å². The summed E-state index contributed by atoms with van der Waals surface area (Å²) in [6.45, 7) is 5.00. The number of likely N-dealkylation sites (tertiary alicyclic amines) is 1. The number of nitrogens with one attached hydrogen (secondary N) is 3. The number of nitro groups is 1. The Morgan fingerprint density at radius 1 is 1.38 bits per heavy atom. The monoisotopic (exact) mass is 333 g/mol. The minimum Gasteiger partial charge on any atom is -0.377 e. The summed E-state index contributed by atoms with van der Waals surface area (Å²) in [5.74, 6) is -0.238. The molecule has 7 nitrogen and oxygen atoms in total. The molecule has 3 N–H and O–H groups in total. The normalized spacial score (nSPS) is 23.0. The molecule has 1 heterocycles. The number of nitro benzene ring substituents is 1. The van der Waals surface area contributed by atoms with Crippen LogP contribution in [0, 0.1) is 10.1 Å². The van der Waals surface area contributed by atoms with E-state index in [0.717, 1.165) is 32.4 Å². The van der Waals surface area contributed by atoms with Crippen LogP contribution in [0.4, 0.5) is 11.4 Å². The summed E-state index contributed by atoms with van der Waals surface area (Å²) in [6.07, 6.45) is 4.39. The van der Waals surface area contributed by atoms with Gasteiger partial charge in [0.05, 0.1) is 24.6 Å². The average molecular weight is 333 g/mol.